The van der Waals surface area contributed by atoms with Crippen LogP contribution < -0.4 is 0 Å². The summed E-state index contributed by atoms with van der Waals surface area (Å²) in [6, 6.07) is 9.81. The fraction of sp³-hybridized carbons (Fsp3) is 0.214. The molecule has 1 aromatic carbocycles. The molecule has 0 aliphatic rings. The Morgan fingerprint density at radius 3 is 2.56 bits per heavy atom. The fourth-order valence-electron chi connectivity index (χ4n) is 1.74. The van der Waals surface area contributed by atoms with E-state index in [1.807, 2.05) is 51.1 Å². The van der Waals surface area contributed by atoms with Gasteiger partial charge in [0.1, 0.15) is 11.0 Å². The monoisotopic (exact) mass is 241 g/mol. The maximum Gasteiger partial charge on any atom is 0.135 e. The molecule has 0 bridgehead atoms. The Morgan fingerprint density at radius 1 is 1.00 bits per heavy atom. The van der Waals surface area contributed by atoms with Crippen LogP contribution >= 0.6 is 0 Å². The predicted octanol–water partition coefficient (Wildman–Crippen LogP) is 3.62. The standard InChI is InChI=1S/C12H9N3O.C2H6/c1-8-10(3-2-6-13-8)9-4-5-11-12(7-9)15-16-14-11;1-2/h2-7H,1H3;1-2H3. The summed E-state index contributed by atoms with van der Waals surface area (Å²) in [7, 11) is 0. The number of pyridine rings is 1. The van der Waals surface area contributed by atoms with Gasteiger partial charge in [0, 0.05) is 17.5 Å². The zero-order valence-corrected chi connectivity index (χ0v) is 10.7. The molecule has 0 amide bonds. The Labute approximate surface area is 106 Å². The van der Waals surface area contributed by atoms with Crippen LogP contribution in [-0.2, 0) is 0 Å². The van der Waals surface area contributed by atoms with E-state index in [1.165, 1.54) is 0 Å². The zero-order valence-electron chi connectivity index (χ0n) is 10.7. The quantitative estimate of drug-likeness (QED) is 0.653. The van der Waals surface area contributed by atoms with E-state index in [1.54, 1.807) is 6.20 Å². The molecule has 0 N–H and O–H groups in total. The number of benzene rings is 1. The molecule has 4 heteroatoms. The number of nitrogens with zero attached hydrogens (tertiary/aromatic N) is 3. The summed E-state index contributed by atoms with van der Waals surface area (Å²) in [5, 5.41) is 7.60. The van der Waals surface area contributed by atoms with Gasteiger partial charge in [0.2, 0.25) is 0 Å². The molecule has 0 radical (unpaired) electrons. The Hall–Kier alpha value is -2.23. The minimum atomic E-state index is 0.765. The van der Waals surface area contributed by atoms with Gasteiger partial charge in [-0.1, -0.05) is 26.0 Å². The Bertz CT molecular complexity index is 646. The summed E-state index contributed by atoms with van der Waals surface area (Å²) in [6.45, 7) is 5.99. The second-order valence-electron chi connectivity index (χ2n) is 3.60. The van der Waals surface area contributed by atoms with Crippen LogP contribution in [0.15, 0.2) is 41.2 Å². The first-order valence-electron chi connectivity index (χ1n) is 5.99. The molecule has 0 spiro atoms. The van der Waals surface area contributed by atoms with E-state index < -0.39 is 0 Å². The maximum atomic E-state index is 4.67. The molecule has 0 fully saturated rings. The summed E-state index contributed by atoms with van der Waals surface area (Å²) in [5.74, 6) is 0. The first kappa shape index (κ1) is 12.2. The molecule has 0 aliphatic heterocycles. The molecular formula is C14H15N3O. The minimum Gasteiger partial charge on any atom is -0.261 e. The van der Waals surface area contributed by atoms with Crippen LogP contribution in [0.1, 0.15) is 19.5 Å². The Balaban J connectivity index is 0.000000574. The number of hydrogen-bond acceptors (Lipinski definition) is 4. The van der Waals surface area contributed by atoms with Gasteiger partial charge in [0.15, 0.2) is 0 Å². The van der Waals surface area contributed by atoms with Gasteiger partial charge >= 0.3 is 0 Å². The van der Waals surface area contributed by atoms with E-state index in [2.05, 4.69) is 19.9 Å². The van der Waals surface area contributed by atoms with E-state index in [0.29, 0.717) is 0 Å². The van der Waals surface area contributed by atoms with Crippen LogP contribution in [0.5, 0.6) is 0 Å². The highest BCUT2D eigenvalue weighted by atomic mass is 16.6. The van der Waals surface area contributed by atoms with Crippen LogP contribution in [0.2, 0.25) is 0 Å². The van der Waals surface area contributed by atoms with Gasteiger partial charge in [-0.3, -0.25) is 4.98 Å². The summed E-state index contributed by atoms with van der Waals surface area (Å²) in [5.41, 5.74) is 4.71. The van der Waals surface area contributed by atoms with Gasteiger partial charge < -0.3 is 0 Å². The first-order chi connectivity index (χ1) is 8.84. The lowest BCUT2D eigenvalue weighted by atomic mass is 10.0. The third-order valence-electron chi connectivity index (χ3n) is 2.57. The van der Waals surface area contributed by atoms with E-state index in [0.717, 1.165) is 27.9 Å². The van der Waals surface area contributed by atoms with Gasteiger partial charge in [-0.05, 0) is 41.0 Å². The van der Waals surface area contributed by atoms with E-state index in [4.69, 9.17) is 0 Å². The van der Waals surface area contributed by atoms with Crippen LogP contribution in [-0.4, -0.2) is 15.3 Å². The van der Waals surface area contributed by atoms with Crippen LogP contribution in [0.3, 0.4) is 0 Å². The molecule has 92 valence electrons. The van der Waals surface area contributed by atoms with Crippen molar-refractivity contribution in [3.05, 3.63) is 42.2 Å². The molecule has 0 atom stereocenters. The van der Waals surface area contributed by atoms with Crippen molar-refractivity contribution in [2.45, 2.75) is 20.8 Å². The molecule has 18 heavy (non-hydrogen) atoms. The van der Waals surface area contributed by atoms with Crippen molar-refractivity contribution in [1.82, 2.24) is 15.3 Å². The molecule has 2 aromatic heterocycles. The highest BCUT2D eigenvalue weighted by Gasteiger charge is 2.05. The van der Waals surface area contributed by atoms with Crippen molar-refractivity contribution in [2.75, 3.05) is 0 Å². The lowest BCUT2D eigenvalue weighted by molar-refractivity contribution is 0.315. The zero-order chi connectivity index (χ0) is 13.0. The SMILES string of the molecule is CC.Cc1ncccc1-c1ccc2nonc2c1. The number of rotatable bonds is 1. The van der Waals surface area contributed by atoms with Crippen molar-refractivity contribution in [2.24, 2.45) is 0 Å². The largest absolute Gasteiger partial charge is 0.261 e. The van der Waals surface area contributed by atoms with Crippen molar-refractivity contribution in [1.29, 1.82) is 0 Å². The highest BCUT2D eigenvalue weighted by molar-refractivity contribution is 5.81. The normalized spacial score (nSPS) is 9.94. The maximum absolute atomic E-state index is 4.67. The van der Waals surface area contributed by atoms with Gasteiger partial charge in [-0.2, -0.15) is 0 Å². The van der Waals surface area contributed by atoms with Crippen molar-refractivity contribution in [3.8, 4) is 11.1 Å². The van der Waals surface area contributed by atoms with Crippen LogP contribution in [0, 0.1) is 6.92 Å². The van der Waals surface area contributed by atoms with Crippen molar-refractivity contribution >= 4 is 11.0 Å². The molecular weight excluding hydrogens is 226 g/mol. The molecule has 0 aliphatic carbocycles. The third-order valence-corrected chi connectivity index (χ3v) is 2.57. The second-order valence-corrected chi connectivity index (χ2v) is 3.60. The smallest absolute Gasteiger partial charge is 0.135 e. The third kappa shape index (κ3) is 2.22. The van der Waals surface area contributed by atoms with Gasteiger partial charge in [-0.25, -0.2) is 4.63 Å². The van der Waals surface area contributed by atoms with Crippen LogP contribution in [0.4, 0.5) is 0 Å². The van der Waals surface area contributed by atoms with Gasteiger partial charge in [0.05, 0.1) is 0 Å². The number of fused-ring (bicyclic) bond motifs is 1. The van der Waals surface area contributed by atoms with Crippen LogP contribution in [0.25, 0.3) is 22.2 Å². The molecule has 0 saturated heterocycles. The predicted molar refractivity (Wildman–Crippen MR) is 71.1 cm³/mol. The topological polar surface area (TPSA) is 51.8 Å². The summed E-state index contributed by atoms with van der Waals surface area (Å²) in [6.07, 6.45) is 1.79. The first-order valence-corrected chi connectivity index (χ1v) is 5.99. The number of hydrogen-bond donors (Lipinski definition) is 0. The van der Waals surface area contributed by atoms with E-state index >= 15 is 0 Å². The molecule has 0 saturated carbocycles. The second kappa shape index (κ2) is 5.40. The summed E-state index contributed by atoms with van der Waals surface area (Å²) in [4.78, 5) is 4.26. The average molecular weight is 241 g/mol. The molecule has 2 heterocycles. The summed E-state index contributed by atoms with van der Waals surface area (Å²) < 4.78 is 4.67. The number of aromatic nitrogens is 3. The van der Waals surface area contributed by atoms with Crippen molar-refractivity contribution in [3.63, 3.8) is 0 Å². The summed E-state index contributed by atoms with van der Waals surface area (Å²) >= 11 is 0. The molecule has 0 unspecified atom stereocenters. The fourth-order valence-corrected chi connectivity index (χ4v) is 1.74. The Kier molecular flexibility index (Phi) is 3.67. The molecule has 3 aromatic rings. The van der Waals surface area contributed by atoms with E-state index in [-0.39, 0.29) is 0 Å². The van der Waals surface area contributed by atoms with E-state index in [9.17, 15) is 0 Å². The average Bonchev–Trinajstić information content (AvgIpc) is 2.89. The lowest BCUT2D eigenvalue weighted by Crippen LogP contribution is -1.86. The van der Waals surface area contributed by atoms with Gasteiger partial charge in [-0.15, -0.1) is 0 Å². The highest BCUT2D eigenvalue weighted by Crippen LogP contribution is 2.24. The van der Waals surface area contributed by atoms with Gasteiger partial charge in [0.25, 0.3) is 0 Å². The lowest BCUT2D eigenvalue weighted by Gasteiger charge is -2.03. The molecule has 4 nitrogen and oxygen atoms in total. The van der Waals surface area contributed by atoms with Crippen molar-refractivity contribution < 1.29 is 4.63 Å². The number of aryl methyl sites for hydroxylation is 1. The molecule has 3 rings (SSSR count). The minimum absolute atomic E-state index is 0.765. The Morgan fingerprint density at radius 2 is 1.78 bits per heavy atom.